The van der Waals surface area contributed by atoms with Gasteiger partial charge in [0.15, 0.2) is 0 Å². The quantitative estimate of drug-likeness (QED) is 0.530. The Kier molecular flexibility index (Phi) is 5.94. The van der Waals surface area contributed by atoms with Gasteiger partial charge in [-0.15, -0.1) is 5.06 Å². The van der Waals surface area contributed by atoms with E-state index in [1.54, 1.807) is 24.3 Å². The molecule has 3 aromatic rings. The number of carbonyl (C=O) groups excluding carboxylic acids is 3. The molecule has 0 unspecified atom stereocenters. The van der Waals surface area contributed by atoms with E-state index in [9.17, 15) is 18.8 Å². The number of pyridine rings is 1. The van der Waals surface area contributed by atoms with E-state index in [0.29, 0.717) is 5.56 Å². The molecule has 0 aliphatic rings. The summed E-state index contributed by atoms with van der Waals surface area (Å²) in [4.78, 5) is 45.5. The van der Waals surface area contributed by atoms with Gasteiger partial charge in [-0.3, -0.25) is 9.59 Å². The highest BCUT2D eigenvalue weighted by atomic mass is 19.1. The van der Waals surface area contributed by atoms with Crippen molar-refractivity contribution in [3.63, 3.8) is 0 Å². The molecule has 1 aromatic heterocycles. The highest BCUT2D eigenvalue weighted by molar-refractivity contribution is 6.06. The highest BCUT2D eigenvalue weighted by Crippen LogP contribution is 2.20. The lowest BCUT2D eigenvalue weighted by Crippen LogP contribution is -2.34. The van der Waals surface area contributed by atoms with Gasteiger partial charge in [-0.25, -0.2) is 9.78 Å². The number of hydrogen-bond acceptors (Lipinski definition) is 5. The maximum atomic E-state index is 13.1. The molecule has 2 aromatic carbocycles. The molecular weight excluding hydrogens is 377 g/mol. The van der Waals surface area contributed by atoms with Crippen molar-refractivity contribution in [3.8, 4) is 0 Å². The third-order valence-corrected chi connectivity index (χ3v) is 3.91. The molecule has 0 bridgehead atoms. The van der Waals surface area contributed by atoms with Crippen LogP contribution in [0.15, 0.2) is 72.9 Å². The summed E-state index contributed by atoms with van der Waals surface area (Å²) in [7, 11) is 0. The van der Waals surface area contributed by atoms with Crippen LogP contribution in [0.3, 0.4) is 0 Å². The summed E-state index contributed by atoms with van der Waals surface area (Å²) in [5.41, 5.74) is 6.20. The molecule has 0 aliphatic carbocycles. The minimum atomic E-state index is -0.763. The largest absolute Gasteiger partial charge is 0.366 e. The normalized spacial score (nSPS) is 10.2. The van der Waals surface area contributed by atoms with E-state index in [0.717, 1.165) is 17.3 Å². The number of nitrogens with two attached hydrogens (primary N) is 1. The Labute approximate surface area is 165 Å². The average Bonchev–Trinajstić information content (AvgIpc) is 2.73. The van der Waals surface area contributed by atoms with E-state index in [2.05, 4.69) is 4.98 Å². The Morgan fingerprint density at radius 1 is 0.966 bits per heavy atom. The van der Waals surface area contributed by atoms with Gasteiger partial charge in [-0.1, -0.05) is 36.4 Å². The van der Waals surface area contributed by atoms with Crippen LogP contribution in [0.2, 0.25) is 0 Å². The molecule has 146 valence electrons. The molecule has 7 nitrogen and oxygen atoms in total. The van der Waals surface area contributed by atoms with Gasteiger partial charge in [0.1, 0.15) is 0 Å². The first-order valence-electron chi connectivity index (χ1n) is 8.54. The third kappa shape index (κ3) is 5.01. The molecule has 0 saturated heterocycles. The van der Waals surface area contributed by atoms with Gasteiger partial charge in [0.25, 0.3) is 5.91 Å². The number of carbonyl (C=O) groups is 3. The molecule has 0 saturated carbocycles. The van der Waals surface area contributed by atoms with Gasteiger partial charge in [0, 0.05) is 11.8 Å². The van der Waals surface area contributed by atoms with Crippen LogP contribution >= 0.6 is 0 Å². The smallest absolute Gasteiger partial charge is 0.337 e. The number of aromatic nitrogens is 1. The number of hydroxylamine groups is 1. The van der Waals surface area contributed by atoms with Gasteiger partial charge in [-0.2, -0.15) is 4.39 Å². The molecule has 0 atom stereocenters. The van der Waals surface area contributed by atoms with Gasteiger partial charge < -0.3 is 10.6 Å². The van der Waals surface area contributed by atoms with Crippen LogP contribution in [-0.2, 0) is 16.1 Å². The summed E-state index contributed by atoms with van der Waals surface area (Å²) >= 11 is 0. The first kappa shape index (κ1) is 19.7. The van der Waals surface area contributed by atoms with E-state index in [1.165, 1.54) is 30.3 Å². The molecule has 0 radical (unpaired) electrons. The molecule has 1 heterocycles. The zero-order chi connectivity index (χ0) is 20.8. The Bertz CT molecular complexity index is 1040. The van der Waals surface area contributed by atoms with Gasteiger partial charge >= 0.3 is 5.97 Å². The van der Waals surface area contributed by atoms with Crippen molar-refractivity contribution >= 4 is 23.5 Å². The first-order valence-corrected chi connectivity index (χ1v) is 8.54. The van der Waals surface area contributed by atoms with Crippen LogP contribution in [0.5, 0.6) is 0 Å². The second-order valence-electron chi connectivity index (χ2n) is 6.01. The maximum Gasteiger partial charge on any atom is 0.337 e. The summed E-state index contributed by atoms with van der Waals surface area (Å²) in [6, 6.07) is 16.8. The van der Waals surface area contributed by atoms with Gasteiger partial charge in [0.05, 0.1) is 17.7 Å². The lowest BCUT2D eigenvalue weighted by Gasteiger charge is -2.21. The number of anilines is 1. The molecule has 0 fully saturated rings. The molecule has 29 heavy (non-hydrogen) atoms. The zero-order valence-electron chi connectivity index (χ0n) is 15.1. The maximum absolute atomic E-state index is 13.1. The highest BCUT2D eigenvalue weighted by Gasteiger charge is 2.24. The van der Waals surface area contributed by atoms with Gasteiger partial charge in [0.2, 0.25) is 11.9 Å². The van der Waals surface area contributed by atoms with Crippen LogP contribution in [-0.4, -0.2) is 22.8 Å². The molecule has 3 rings (SSSR count). The fourth-order valence-electron chi connectivity index (χ4n) is 2.51. The van der Waals surface area contributed by atoms with Crippen molar-refractivity contribution in [2.75, 3.05) is 5.06 Å². The van der Waals surface area contributed by atoms with Crippen LogP contribution in [0.4, 0.5) is 10.1 Å². The number of amides is 2. The van der Waals surface area contributed by atoms with E-state index in [4.69, 9.17) is 10.6 Å². The number of primary amides is 1. The number of benzene rings is 2. The number of nitrogens with zero attached hydrogens (tertiary/aromatic N) is 2. The molecule has 8 heteroatoms. The third-order valence-electron chi connectivity index (χ3n) is 3.91. The number of hydrogen-bond donors (Lipinski definition) is 1. The lowest BCUT2D eigenvalue weighted by molar-refractivity contribution is -0.143. The molecule has 0 aliphatic heterocycles. The SMILES string of the molecule is NC(=O)c1cccc(N(OC(=O)Cc2ccccc2)C(=O)c2ccc(F)nc2)c1. The fraction of sp³-hybridized carbons (Fsp3) is 0.0476. The van der Waals surface area contributed by atoms with Crippen molar-refractivity contribution in [3.05, 3.63) is 95.6 Å². The summed E-state index contributed by atoms with van der Waals surface area (Å²) in [6.45, 7) is 0. The summed E-state index contributed by atoms with van der Waals surface area (Å²) in [5, 5.41) is 0.729. The second-order valence-corrected chi connectivity index (χ2v) is 6.01. The van der Waals surface area contributed by atoms with Crippen LogP contribution in [0, 0.1) is 5.95 Å². The van der Waals surface area contributed by atoms with Crippen molar-refractivity contribution in [1.29, 1.82) is 0 Å². The minimum Gasteiger partial charge on any atom is -0.366 e. The molecular formula is C21H16FN3O4. The molecule has 0 spiro atoms. The Morgan fingerprint density at radius 3 is 2.38 bits per heavy atom. The van der Waals surface area contributed by atoms with Crippen LogP contribution < -0.4 is 10.8 Å². The number of halogens is 1. The predicted octanol–water partition coefficient (Wildman–Crippen LogP) is 2.67. The fourth-order valence-corrected chi connectivity index (χ4v) is 2.51. The van der Waals surface area contributed by atoms with Crippen molar-refractivity contribution < 1.29 is 23.6 Å². The summed E-state index contributed by atoms with van der Waals surface area (Å²) < 4.78 is 13.1. The van der Waals surface area contributed by atoms with E-state index in [-0.39, 0.29) is 23.2 Å². The summed E-state index contributed by atoms with van der Waals surface area (Å²) in [5.74, 6) is -2.94. The Hall–Kier alpha value is -4.07. The van der Waals surface area contributed by atoms with Crippen LogP contribution in [0.1, 0.15) is 26.3 Å². The van der Waals surface area contributed by atoms with E-state index < -0.39 is 23.7 Å². The minimum absolute atomic E-state index is 0.0108. The topological polar surface area (TPSA) is 103 Å². The number of rotatable bonds is 5. The van der Waals surface area contributed by atoms with E-state index >= 15 is 0 Å². The van der Waals surface area contributed by atoms with Crippen molar-refractivity contribution in [2.24, 2.45) is 5.73 Å². The predicted molar refractivity (Wildman–Crippen MR) is 102 cm³/mol. The molecule has 2 amide bonds. The standard InChI is InChI=1S/C21H16FN3O4/c22-18-10-9-16(13-24-18)21(28)25(17-8-4-7-15(12-17)20(23)27)29-19(26)11-14-5-2-1-3-6-14/h1-10,12-13H,11H2,(H2,23,27). The zero-order valence-corrected chi connectivity index (χ0v) is 15.1. The first-order chi connectivity index (χ1) is 13.9. The average molecular weight is 393 g/mol. The van der Waals surface area contributed by atoms with Crippen molar-refractivity contribution in [1.82, 2.24) is 4.98 Å². The van der Waals surface area contributed by atoms with E-state index in [1.807, 2.05) is 6.07 Å². The second kappa shape index (κ2) is 8.75. The lowest BCUT2D eigenvalue weighted by atomic mass is 10.1. The monoisotopic (exact) mass is 393 g/mol. The van der Waals surface area contributed by atoms with Crippen LogP contribution in [0.25, 0.3) is 0 Å². The summed E-state index contributed by atoms with van der Waals surface area (Å²) in [6.07, 6.45) is 0.940. The molecule has 2 N–H and O–H groups in total. The Balaban J connectivity index is 1.91. The van der Waals surface area contributed by atoms with Gasteiger partial charge in [-0.05, 0) is 35.9 Å². The Morgan fingerprint density at radius 2 is 1.72 bits per heavy atom. The van der Waals surface area contributed by atoms with Crippen molar-refractivity contribution in [2.45, 2.75) is 6.42 Å².